The molecule has 0 aliphatic carbocycles. The Morgan fingerprint density at radius 3 is 2.25 bits per heavy atom. The summed E-state index contributed by atoms with van der Waals surface area (Å²) in [6.45, 7) is 4.22. The van der Waals surface area contributed by atoms with E-state index in [1.54, 1.807) is 47.4 Å². The van der Waals surface area contributed by atoms with Gasteiger partial charge in [-0.2, -0.15) is 4.72 Å². The first-order valence-electron chi connectivity index (χ1n) is 20.2. The summed E-state index contributed by atoms with van der Waals surface area (Å²) in [4.78, 5) is 18.7. The molecule has 1 aliphatic heterocycles. The maximum atomic E-state index is 13.8. The molecule has 6 aromatic carbocycles. The zero-order valence-corrected chi connectivity index (χ0v) is 36.3. The highest BCUT2D eigenvalue weighted by atomic mass is 32.2. The minimum absolute atomic E-state index is 0.0263. The van der Waals surface area contributed by atoms with Gasteiger partial charge >= 0.3 is 0 Å². The molecule has 1 amide bonds. The van der Waals surface area contributed by atoms with Gasteiger partial charge in [-0.25, -0.2) is 13.4 Å². The fourth-order valence-electron chi connectivity index (χ4n) is 7.42. The number of nitrogens with zero attached hydrogens (tertiary/aromatic N) is 1. The number of hydrogen-bond donors (Lipinski definition) is 3. The monoisotopic (exact) mass is 869 g/mol. The van der Waals surface area contributed by atoms with Crippen LogP contribution >= 0.6 is 23.1 Å². The van der Waals surface area contributed by atoms with Crippen LogP contribution in [-0.4, -0.2) is 42.3 Å². The average Bonchev–Trinajstić information content (AvgIpc) is 3.71. The molecule has 61 heavy (non-hydrogen) atoms. The van der Waals surface area contributed by atoms with Crippen molar-refractivity contribution in [2.24, 2.45) is 5.92 Å². The van der Waals surface area contributed by atoms with Crippen molar-refractivity contribution in [3.8, 4) is 11.1 Å². The fraction of sp³-hybridized carbons (Fsp3) is 0.224. The van der Waals surface area contributed by atoms with Crippen LogP contribution in [0.3, 0.4) is 0 Å². The van der Waals surface area contributed by atoms with Crippen LogP contribution in [0.4, 0.5) is 0 Å². The highest BCUT2D eigenvalue weighted by molar-refractivity contribution is 8.01. The van der Waals surface area contributed by atoms with Gasteiger partial charge in [0.2, 0.25) is 15.9 Å². The van der Waals surface area contributed by atoms with E-state index in [9.17, 15) is 18.3 Å². The molecule has 0 saturated carbocycles. The first-order valence-corrected chi connectivity index (χ1v) is 23.5. The molecule has 12 heteroatoms. The van der Waals surface area contributed by atoms with Gasteiger partial charge in [-0.15, -0.1) is 11.3 Å². The number of amides is 1. The van der Waals surface area contributed by atoms with Crippen LogP contribution < -0.4 is 10.0 Å². The zero-order valence-electron chi connectivity index (χ0n) is 33.8. The van der Waals surface area contributed by atoms with Crippen molar-refractivity contribution in [3.05, 3.63) is 185 Å². The lowest BCUT2D eigenvalue weighted by molar-refractivity contribution is -0.268. The number of rotatable bonds is 15. The molecule has 1 aliphatic rings. The predicted molar refractivity (Wildman–Crippen MR) is 242 cm³/mol. The van der Waals surface area contributed by atoms with Crippen LogP contribution in [0.25, 0.3) is 21.3 Å². The van der Waals surface area contributed by atoms with Gasteiger partial charge in [0.1, 0.15) is 6.04 Å². The lowest BCUT2D eigenvalue weighted by Gasteiger charge is -2.41. The SMILES string of the molecule is Cc1ccc(S(=O)(=O)N[C@H](Cc2ccccc2)C(=O)NCc2cccc(-c3cccc([C@H]4O[C@@H](CSc5nc6ccccc6s5)[C@@H](C)[C@@H](c5ccc(CO)cc5)O4)c3)c2)cc1. The normalized spacial score (nSPS) is 18.5. The molecule has 7 aromatic rings. The summed E-state index contributed by atoms with van der Waals surface area (Å²) in [5.41, 5.74) is 8.25. The Kier molecular flexibility index (Phi) is 13.4. The first kappa shape index (κ1) is 42.5. The Morgan fingerprint density at radius 1 is 0.787 bits per heavy atom. The summed E-state index contributed by atoms with van der Waals surface area (Å²) in [6.07, 6.45) is -0.867. The number of benzene rings is 6. The van der Waals surface area contributed by atoms with Gasteiger partial charge < -0.3 is 19.9 Å². The van der Waals surface area contributed by atoms with E-state index in [1.165, 1.54) is 0 Å². The number of thiazole rings is 1. The first-order chi connectivity index (χ1) is 29.6. The van der Waals surface area contributed by atoms with Crippen molar-refractivity contribution in [2.75, 3.05) is 5.75 Å². The van der Waals surface area contributed by atoms with Gasteiger partial charge in [-0.1, -0.05) is 140 Å². The maximum absolute atomic E-state index is 13.8. The number of aromatic nitrogens is 1. The number of aryl methyl sites for hydroxylation is 1. The quantitative estimate of drug-likeness (QED) is 0.0871. The third-order valence-corrected chi connectivity index (χ3v) is 14.6. The second kappa shape index (κ2) is 19.3. The number of ether oxygens (including phenoxy) is 2. The van der Waals surface area contributed by atoms with Crippen LogP contribution in [0.1, 0.15) is 52.7 Å². The number of carbonyl (C=O) groups excluding carboxylic acids is 1. The molecule has 2 heterocycles. The third kappa shape index (κ3) is 10.5. The summed E-state index contributed by atoms with van der Waals surface area (Å²) < 4.78 is 45.2. The number of hydrogen-bond acceptors (Lipinski definition) is 9. The van der Waals surface area contributed by atoms with Crippen molar-refractivity contribution in [3.63, 3.8) is 0 Å². The van der Waals surface area contributed by atoms with Gasteiger partial charge in [-0.3, -0.25) is 4.79 Å². The van der Waals surface area contributed by atoms with E-state index in [-0.39, 0.29) is 42.6 Å². The van der Waals surface area contributed by atoms with Gasteiger partial charge in [0.25, 0.3) is 0 Å². The molecular weight excluding hydrogens is 823 g/mol. The minimum Gasteiger partial charge on any atom is -0.392 e. The largest absolute Gasteiger partial charge is 0.392 e. The topological polar surface area (TPSA) is 127 Å². The van der Waals surface area contributed by atoms with Gasteiger partial charge in [-0.05, 0) is 83.1 Å². The van der Waals surface area contributed by atoms with Crippen LogP contribution in [0, 0.1) is 12.8 Å². The van der Waals surface area contributed by atoms with Crippen molar-refractivity contribution >= 4 is 49.2 Å². The molecule has 0 radical (unpaired) electrons. The van der Waals surface area contributed by atoms with E-state index in [0.717, 1.165) is 59.1 Å². The summed E-state index contributed by atoms with van der Waals surface area (Å²) in [5, 5.41) is 12.7. The maximum Gasteiger partial charge on any atom is 0.241 e. The number of aliphatic hydroxyl groups excluding tert-OH is 1. The number of carbonyl (C=O) groups is 1. The molecule has 1 fully saturated rings. The van der Waals surface area contributed by atoms with Crippen molar-refractivity contribution in [2.45, 2.75) is 67.2 Å². The van der Waals surface area contributed by atoms with Crippen molar-refractivity contribution < 1.29 is 27.8 Å². The Balaban J connectivity index is 0.992. The Labute approximate surface area is 365 Å². The number of thioether (sulfide) groups is 1. The van der Waals surface area contributed by atoms with Crippen LogP contribution in [0.2, 0.25) is 0 Å². The summed E-state index contributed by atoms with van der Waals surface area (Å²) in [7, 11) is -3.97. The Morgan fingerprint density at radius 2 is 1.49 bits per heavy atom. The smallest absolute Gasteiger partial charge is 0.241 e. The number of para-hydroxylation sites is 1. The van der Waals surface area contributed by atoms with Crippen LogP contribution in [0.5, 0.6) is 0 Å². The predicted octanol–water partition coefficient (Wildman–Crippen LogP) is 9.55. The molecular formula is C49H47N3O6S3. The second-order valence-electron chi connectivity index (χ2n) is 15.3. The molecule has 0 spiro atoms. The van der Waals surface area contributed by atoms with E-state index in [2.05, 4.69) is 29.1 Å². The van der Waals surface area contributed by atoms with Crippen molar-refractivity contribution in [1.29, 1.82) is 0 Å². The minimum atomic E-state index is -3.97. The molecule has 312 valence electrons. The average molecular weight is 870 g/mol. The Bertz CT molecular complexity index is 2660. The molecule has 0 bridgehead atoms. The van der Waals surface area contributed by atoms with Crippen LogP contribution in [0.15, 0.2) is 161 Å². The second-order valence-corrected chi connectivity index (χ2v) is 19.3. The zero-order chi connectivity index (χ0) is 42.3. The number of sulfonamides is 1. The highest BCUT2D eigenvalue weighted by Crippen LogP contribution is 2.44. The van der Waals surface area contributed by atoms with E-state index in [0.29, 0.717) is 5.75 Å². The molecule has 1 saturated heterocycles. The summed E-state index contributed by atoms with van der Waals surface area (Å²) in [6, 6.07) is 47.0. The van der Waals surface area contributed by atoms with E-state index in [4.69, 9.17) is 14.5 Å². The molecule has 8 rings (SSSR count). The summed E-state index contributed by atoms with van der Waals surface area (Å²) >= 11 is 3.38. The number of aliphatic hydroxyl groups is 1. The van der Waals surface area contributed by atoms with Gasteiger partial charge in [0.15, 0.2) is 10.6 Å². The molecule has 5 atom stereocenters. The third-order valence-electron chi connectivity index (χ3n) is 10.9. The fourth-order valence-corrected chi connectivity index (χ4v) is 10.9. The van der Waals surface area contributed by atoms with E-state index < -0.39 is 28.3 Å². The number of nitrogens with one attached hydrogen (secondary N) is 2. The standard InChI is InChI=1S/C49H47N3O6S3/c1-32-18-24-41(25-19-32)61(55,56)52-43(27-34-10-4-3-5-11-34)47(54)50-29-36-12-8-13-38(26-36)39-14-9-15-40(28-39)48-57-44(31-59-49-51-42-16-6-7-17-45(42)60-49)33(2)46(58-48)37-22-20-35(30-53)21-23-37/h3-26,28,33,43-44,46,48,52-53H,27,29-31H2,1-2H3,(H,50,54)/t33-,43-,44+,46+,48+/m1/s1. The molecule has 1 aromatic heterocycles. The van der Waals surface area contributed by atoms with Gasteiger partial charge in [0.05, 0.1) is 33.9 Å². The highest BCUT2D eigenvalue weighted by Gasteiger charge is 2.38. The van der Waals surface area contributed by atoms with E-state index >= 15 is 0 Å². The van der Waals surface area contributed by atoms with Gasteiger partial charge in [0, 0.05) is 23.8 Å². The molecule has 9 nitrogen and oxygen atoms in total. The van der Waals surface area contributed by atoms with Crippen LogP contribution in [-0.2, 0) is 43.9 Å². The summed E-state index contributed by atoms with van der Waals surface area (Å²) in [5.74, 6) is 0.293. The number of fused-ring (bicyclic) bond motifs is 1. The lowest BCUT2D eigenvalue weighted by Crippen LogP contribution is -2.47. The Hall–Kier alpha value is -5.18. The molecule has 0 unspecified atom stereocenters. The lowest BCUT2D eigenvalue weighted by atomic mass is 9.91. The molecule has 3 N–H and O–H groups in total. The van der Waals surface area contributed by atoms with Crippen molar-refractivity contribution in [1.82, 2.24) is 15.0 Å². The van der Waals surface area contributed by atoms with E-state index in [1.807, 2.05) is 122 Å².